The molecule has 2 aromatic heterocycles. The average molecular weight is 318 g/mol. The van der Waals surface area contributed by atoms with Gasteiger partial charge in [-0.25, -0.2) is 0 Å². The molecule has 1 aliphatic carbocycles. The van der Waals surface area contributed by atoms with Gasteiger partial charge in [0.15, 0.2) is 0 Å². The summed E-state index contributed by atoms with van der Waals surface area (Å²) in [7, 11) is 1.65. The summed E-state index contributed by atoms with van der Waals surface area (Å²) in [5.74, 6) is 1.25. The third-order valence-corrected chi connectivity index (χ3v) is 5.08. The Hall–Kier alpha value is -2.55. The maximum absolute atomic E-state index is 5.31. The van der Waals surface area contributed by atoms with Gasteiger partial charge in [0.2, 0.25) is 0 Å². The SMILES string of the molecule is C=C(OC)c1ccnc2cc(CC3CCCc4ccccc43)[nH]c12. The highest BCUT2D eigenvalue weighted by molar-refractivity contribution is 5.87. The van der Waals surface area contributed by atoms with Crippen molar-refractivity contribution in [3.8, 4) is 0 Å². The molecule has 0 saturated carbocycles. The van der Waals surface area contributed by atoms with Gasteiger partial charge in [-0.2, -0.15) is 0 Å². The summed E-state index contributed by atoms with van der Waals surface area (Å²) in [5, 5.41) is 0. The predicted octanol–water partition coefficient (Wildman–Crippen LogP) is 4.84. The summed E-state index contributed by atoms with van der Waals surface area (Å²) in [5.41, 5.74) is 7.23. The molecule has 3 heteroatoms. The maximum atomic E-state index is 5.31. The molecule has 1 atom stereocenters. The van der Waals surface area contributed by atoms with Gasteiger partial charge in [0.05, 0.1) is 18.1 Å². The van der Waals surface area contributed by atoms with Crippen molar-refractivity contribution in [2.45, 2.75) is 31.6 Å². The van der Waals surface area contributed by atoms with Crippen LogP contribution in [0.2, 0.25) is 0 Å². The topological polar surface area (TPSA) is 37.9 Å². The molecule has 2 heterocycles. The predicted molar refractivity (Wildman–Crippen MR) is 98.0 cm³/mol. The van der Waals surface area contributed by atoms with E-state index in [9.17, 15) is 0 Å². The number of aromatic amines is 1. The first-order valence-corrected chi connectivity index (χ1v) is 8.54. The van der Waals surface area contributed by atoms with E-state index >= 15 is 0 Å². The molecule has 3 aromatic rings. The van der Waals surface area contributed by atoms with Crippen LogP contribution in [0.4, 0.5) is 0 Å². The number of aryl methyl sites for hydroxylation is 1. The Kier molecular flexibility index (Phi) is 3.85. The van der Waals surface area contributed by atoms with Crippen molar-refractivity contribution in [2.75, 3.05) is 7.11 Å². The van der Waals surface area contributed by atoms with Crippen LogP contribution in [0, 0.1) is 0 Å². The second kappa shape index (κ2) is 6.16. The van der Waals surface area contributed by atoms with E-state index in [1.165, 1.54) is 36.1 Å². The van der Waals surface area contributed by atoms with E-state index in [0.29, 0.717) is 11.7 Å². The third-order valence-electron chi connectivity index (χ3n) is 5.08. The van der Waals surface area contributed by atoms with Crippen LogP contribution in [0.3, 0.4) is 0 Å². The molecule has 1 unspecified atom stereocenters. The zero-order valence-electron chi connectivity index (χ0n) is 14.0. The summed E-state index contributed by atoms with van der Waals surface area (Å²) in [6.07, 6.45) is 6.56. The number of methoxy groups -OCH3 is 1. The molecule has 24 heavy (non-hydrogen) atoms. The number of nitrogens with zero attached hydrogens (tertiary/aromatic N) is 1. The summed E-state index contributed by atoms with van der Waals surface area (Å²) >= 11 is 0. The first kappa shape index (κ1) is 15.0. The molecule has 4 rings (SSSR count). The van der Waals surface area contributed by atoms with Crippen LogP contribution in [-0.2, 0) is 17.6 Å². The normalized spacial score (nSPS) is 16.8. The number of aromatic nitrogens is 2. The molecular formula is C21H22N2O. The standard InChI is InChI=1S/C21H22N2O/c1-14(24-2)18-10-11-22-20-13-17(23-21(18)20)12-16-8-5-7-15-6-3-4-9-19(15)16/h3-4,6,9-11,13,16,23H,1,5,7-8,12H2,2H3. The fourth-order valence-corrected chi connectivity index (χ4v) is 3.86. The van der Waals surface area contributed by atoms with E-state index in [1.807, 2.05) is 12.3 Å². The lowest BCUT2D eigenvalue weighted by Crippen LogP contribution is -2.12. The molecule has 0 saturated heterocycles. The summed E-state index contributed by atoms with van der Waals surface area (Å²) in [6.45, 7) is 3.98. The van der Waals surface area contributed by atoms with Gasteiger partial charge in [0, 0.05) is 17.5 Å². The molecule has 1 aromatic carbocycles. The lowest BCUT2D eigenvalue weighted by molar-refractivity contribution is 0.372. The minimum Gasteiger partial charge on any atom is -0.497 e. The Labute approximate surface area is 142 Å². The molecule has 0 radical (unpaired) electrons. The average Bonchev–Trinajstić information content (AvgIpc) is 3.03. The zero-order chi connectivity index (χ0) is 16.5. The van der Waals surface area contributed by atoms with Crippen molar-refractivity contribution in [3.05, 3.63) is 71.6 Å². The number of pyridine rings is 1. The number of fused-ring (bicyclic) bond motifs is 2. The van der Waals surface area contributed by atoms with Crippen molar-refractivity contribution in [2.24, 2.45) is 0 Å². The molecule has 1 N–H and O–H groups in total. The number of hydrogen-bond donors (Lipinski definition) is 1. The van der Waals surface area contributed by atoms with Crippen LogP contribution in [0.25, 0.3) is 16.8 Å². The molecule has 3 nitrogen and oxygen atoms in total. The largest absolute Gasteiger partial charge is 0.497 e. The minimum atomic E-state index is 0.581. The second-order valence-corrected chi connectivity index (χ2v) is 6.53. The van der Waals surface area contributed by atoms with Gasteiger partial charge in [-0.1, -0.05) is 30.8 Å². The molecule has 122 valence electrons. The highest BCUT2D eigenvalue weighted by atomic mass is 16.5. The zero-order valence-corrected chi connectivity index (χ0v) is 14.0. The fraction of sp³-hybridized carbons (Fsp3) is 0.286. The van der Waals surface area contributed by atoms with Crippen molar-refractivity contribution < 1.29 is 4.74 Å². The number of hydrogen-bond acceptors (Lipinski definition) is 2. The van der Waals surface area contributed by atoms with Gasteiger partial charge < -0.3 is 9.72 Å². The molecule has 0 amide bonds. The lowest BCUT2D eigenvalue weighted by atomic mass is 9.80. The van der Waals surface area contributed by atoms with E-state index in [0.717, 1.165) is 23.0 Å². The number of H-pyrrole nitrogens is 1. The third kappa shape index (κ3) is 2.60. The Bertz CT molecular complexity index is 894. The summed E-state index contributed by atoms with van der Waals surface area (Å²) < 4.78 is 5.31. The molecule has 0 spiro atoms. The number of benzene rings is 1. The first-order chi connectivity index (χ1) is 11.8. The maximum Gasteiger partial charge on any atom is 0.121 e. The van der Waals surface area contributed by atoms with Crippen molar-refractivity contribution >= 4 is 16.8 Å². The summed E-state index contributed by atoms with van der Waals surface area (Å²) in [6, 6.07) is 13.0. The van der Waals surface area contributed by atoms with Crippen LogP contribution in [-0.4, -0.2) is 17.1 Å². The van der Waals surface area contributed by atoms with Crippen molar-refractivity contribution in [3.63, 3.8) is 0 Å². The quantitative estimate of drug-likeness (QED) is 0.699. The van der Waals surface area contributed by atoms with Gasteiger partial charge in [0.1, 0.15) is 5.76 Å². The first-order valence-electron chi connectivity index (χ1n) is 8.54. The number of ether oxygens (including phenoxy) is 1. The molecule has 0 aliphatic heterocycles. The Morgan fingerprint density at radius 2 is 2.21 bits per heavy atom. The van der Waals surface area contributed by atoms with Gasteiger partial charge in [0.25, 0.3) is 0 Å². The smallest absolute Gasteiger partial charge is 0.121 e. The van der Waals surface area contributed by atoms with Gasteiger partial charge in [-0.3, -0.25) is 4.98 Å². The van der Waals surface area contributed by atoms with E-state index < -0.39 is 0 Å². The van der Waals surface area contributed by atoms with Crippen molar-refractivity contribution in [1.82, 2.24) is 9.97 Å². The van der Waals surface area contributed by atoms with Crippen LogP contribution < -0.4 is 0 Å². The number of rotatable bonds is 4. The Balaban J connectivity index is 1.68. The van der Waals surface area contributed by atoms with Gasteiger partial charge in [-0.15, -0.1) is 0 Å². The van der Waals surface area contributed by atoms with E-state index in [2.05, 4.69) is 46.9 Å². The van der Waals surface area contributed by atoms with E-state index in [-0.39, 0.29) is 0 Å². The Morgan fingerprint density at radius 1 is 1.33 bits per heavy atom. The minimum absolute atomic E-state index is 0.581. The monoisotopic (exact) mass is 318 g/mol. The molecule has 0 fully saturated rings. The van der Waals surface area contributed by atoms with E-state index in [4.69, 9.17) is 4.74 Å². The van der Waals surface area contributed by atoms with Crippen molar-refractivity contribution in [1.29, 1.82) is 0 Å². The number of nitrogens with one attached hydrogen (secondary N) is 1. The highest BCUT2D eigenvalue weighted by Crippen LogP contribution is 2.34. The lowest BCUT2D eigenvalue weighted by Gasteiger charge is -2.25. The summed E-state index contributed by atoms with van der Waals surface area (Å²) in [4.78, 5) is 8.04. The highest BCUT2D eigenvalue weighted by Gasteiger charge is 2.21. The second-order valence-electron chi connectivity index (χ2n) is 6.53. The van der Waals surface area contributed by atoms with E-state index in [1.54, 1.807) is 7.11 Å². The molecular weight excluding hydrogens is 296 g/mol. The fourth-order valence-electron chi connectivity index (χ4n) is 3.86. The van der Waals surface area contributed by atoms with Gasteiger partial charge in [-0.05, 0) is 54.9 Å². The Morgan fingerprint density at radius 3 is 3.08 bits per heavy atom. The van der Waals surface area contributed by atoms with Crippen LogP contribution >= 0.6 is 0 Å². The van der Waals surface area contributed by atoms with Crippen LogP contribution in [0.1, 0.15) is 41.1 Å². The van der Waals surface area contributed by atoms with Gasteiger partial charge >= 0.3 is 0 Å². The van der Waals surface area contributed by atoms with Crippen LogP contribution in [0.5, 0.6) is 0 Å². The molecule has 1 aliphatic rings. The van der Waals surface area contributed by atoms with Crippen LogP contribution in [0.15, 0.2) is 49.2 Å². The molecule has 0 bridgehead atoms.